The summed E-state index contributed by atoms with van der Waals surface area (Å²) in [5.74, 6) is 0. The van der Waals surface area contributed by atoms with Gasteiger partial charge >= 0.3 is 0 Å². The third-order valence-electron chi connectivity index (χ3n) is 12.2. The largest absolute Gasteiger partial charge is 0.311 e. The van der Waals surface area contributed by atoms with Crippen molar-refractivity contribution in [1.82, 2.24) is 4.57 Å². The zero-order chi connectivity index (χ0) is 38.1. The van der Waals surface area contributed by atoms with Crippen molar-refractivity contribution in [1.29, 1.82) is 0 Å². The highest BCUT2D eigenvalue weighted by atomic mass is 15.1. The number of anilines is 3. The standard InChI is InChI=1S/C55H40N2/c1-55(2)49-21-11-9-20-47(49)53-52-41(18-13-22-50(52)55)36-48-46-19-10-12-23-51(46)57(54(48)53)45-34-32-44(33-35-45)56(42-28-24-39(25-29-42)37-14-5-3-6-15-37)43-30-26-40(27-31-43)38-16-7-4-8-17-38/h3-36H,1-2H3. The second kappa shape index (κ2) is 13.0. The molecule has 0 unspecified atom stereocenters. The predicted molar refractivity (Wildman–Crippen MR) is 241 cm³/mol. The maximum absolute atomic E-state index is 2.50. The van der Waals surface area contributed by atoms with E-state index in [4.69, 9.17) is 0 Å². The average Bonchev–Trinajstić information content (AvgIpc) is 3.60. The minimum Gasteiger partial charge on any atom is -0.311 e. The molecule has 0 amide bonds. The lowest BCUT2D eigenvalue weighted by Crippen LogP contribution is -2.23. The Kier molecular flexibility index (Phi) is 7.55. The number of rotatable bonds is 6. The molecule has 0 radical (unpaired) electrons. The van der Waals surface area contributed by atoms with Crippen LogP contribution in [0.2, 0.25) is 0 Å². The highest BCUT2D eigenvalue weighted by Crippen LogP contribution is 2.52. The Bertz CT molecular complexity index is 3020. The molecule has 11 rings (SSSR count). The number of para-hydroxylation sites is 1. The summed E-state index contributed by atoms with van der Waals surface area (Å²) in [6, 6.07) is 75.4. The number of hydrogen-bond donors (Lipinski definition) is 0. The molecule has 0 bridgehead atoms. The minimum atomic E-state index is -0.114. The Balaban J connectivity index is 1.09. The molecule has 0 atom stereocenters. The van der Waals surface area contributed by atoms with Gasteiger partial charge in [0, 0.05) is 44.5 Å². The molecule has 270 valence electrons. The molecule has 57 heavy (non-hydrogen) atoms. The van der Waals surface area contributed by atoms with Gasteiger partial charge in [0.1, 0.15) is 0 Å². The quantitative estimate of drug-likeness (QED) is 0.165. The molecule has 0 N–H and O–H groups in total. The molecule has 0 saturated carbocycles. The fraction of sp³-hybridized carbons (Fsp3) is 0.0545. The lowest BCUT2D eigenvalue weighted by atomic mass is 9.68. The van der Waals surface area contributed by atoms with E-state index in [9.17, 15) is 0 Å². The lowest BCUT2D eigenvalue weighted by molar-refractivity contribution is 0.645. The van der Waals surface area contributed by atoms with E-state index in [0.29, 0.717) is 0 Å². The third-order valence-corrected chi connectivity index (χ3v) is 12.2. The Labute approximate surface area is 333 Å². The predicted octanol–water partition coefficient (Wildman–Crippen LogP) is 15.0. The molecule has 2 heteroatoms. The van der Waals surface area contributed by atoms with E-state index < -0.39 is 0 Å². The fourth-order valence-corrected chi connectivity index (χ4v) is 9.41. The summed E-state index contributed by atoms with van der Waals surface area (Å²) in [6.07, 6.45) is 0. The van der Waals surface area contributed by atoms with Crippen molar-refractivity contribution < 1.29 is 0 Å². The second-order valence-corrected chi connectivity index (χ2v) is 15.8. The van der Waals surface area contributed by atoms with E-state index in [2.05, 4.69) is 230 Å². The van der Waals surface area contributed by atoms with Crippen molar-refractivity contribution in [2.24, 2.45) is 0 Å². The van der Waals surface area contributed by atoms with Gasteiger partial charge in [-0.05, 0) is 110 Å². The van der Waals surface area contributed by atoms with Gasteiger partial charge in [0.2, 0.25) is 0 Å². The first kappa shape index (κ1) is 33.2. The van der Waals surface area contributed by atoms with Crippen molar-refractivity contribution in [2.45, 2.75) is 19.3 Å². The normalized spacial score (nSPS) is 12.9. The fourth-order valence-electron chi connectivity index (χ4n) is 9.41. The summed E-state index contributed by atoms with van der Waals surface area (Å²) >= 11 is 0. The summed E-state index contributed by atoms with van der Waals surface area (Å²) in [5.41, 5.74) is 17.0. The Morgan fingerprint density at radius 1 is 0.421 bits per heavy atom. The van der Waals surface area contributed by atoms with Crippen molar-refractivity contribution >= 4 is 49.6 Å². The van der Waals surface area contributed by atoms with Gasteiger partial charge in [0.25, 0.3) is 0 Å². The molecule has 0 saturated heterocycles. The van der Waals surface area contributed by atoms with E-state index >= 15 is 0 Å². The molecule has 2 nitrogen and oxygen atoms in total. The minimum absolute atomic E-state index is 0.114. The van der Waals surface area contributed by atoms with Crippen LogP contribution in [0.3, 0.4) is 0 Å². The summed E-state index contributed by atoms with van der Waals surface area (Å²) in [4.78, 5) is 2.36. The molecule has 9 aromatic carbocycles. The number of benzene rings is 9. The maximum atomic E-state index is 2.50. The van der Waals surface area contributed by atoms with Gasteiger partial charge in [-0.3, -0.25) is 0 Å². The molecule has 1 heterocycles. The van der Waals surface area contributed by atoms with Gasteiger partial charge < -0.3 is 9.47 Å². The topological polar surface area (TPSA) is 8.17 Å². The Hall–Kier alpha value is -7.16. The van der Waals surface area contributed by atoms with Crippen LogP contribution in [-0.2, 0) is 5.41 Å². The molecular formula is C55H40N2. The van der Waals surface area contributed by atoms with Gasteiger partial charge in [-0.15, -0.1) is 0 Å². The average molecular weight is 729 g/mol. The van der Waals surface area contributed by atoms with Crippen molar-refractivity contribution in [3.8, 4) is 39.1 Å². The summed E-state index contributed by atoms with van der Waals surface area (Å²) in [5, 5.41) is 5.20. The first-order valence-corrected chi connectivity index (χ1v) is 19.9. The van der Waals surface area contributed by atoms with Gasteiger partial charge in [-0.25, -0.2) is 0 Å². The van der Waals surface area contributed by atoms with Crippen LogP contribution in [-0.4, -0.2) is 4.57 Å². The van der Waals surface area contributed by atoms with Crippen LogP contribution in [0.4, 0.5) is 17.1 Å². The van der Waals surface area contributed by atoms with Gasteiger partial charge in [0.15, 0.2) is 0 Å². The van der Waals surface area contributed by atoms with Crippen molar-refractivity contribution in [3.05, 3.63) is 217 Å². The zero-order valence-corrected chi connectivity index (χ0v) is 32.0. The van der Waals surface area contributed by atoms with Crippen molar-refractivity contribution in [3.63, 3.8) is 0 Å². The monoisotopic (exact) mass is 728 g/mol. The summed E-state index contributed by atoms with van der Waals surface area (Å²) in [7, 11) is 0. The first-order valence-electron chi connectivity index (χ1n) is 19.9. The van der Waals surface area contributed by atoms with E-state index in [1.807, 2.05) is 0 Å². The molecular weight excluding hydrogens is 689 g/mol. The molecule has 10 aromatic rings. The Morgan fingerprint density at radius 3 is 1.56 bits per heavy atom. The van der Waals surface area contributed by atoms with Crippen molar-refractivity contribution in [2.75, 3.05) is 4.90 Å². The highest BCUT2D eigenvalue weighted by molar-refractivity contribution is 6.23. The van der Waals surface area contributed by atoms with E-state index in [-0.39, 0.29) is 5.41 Å². The number of nitrogens with zero attached hydrogens (tertiary/aromatic N) is 2. The summed E-state index contributed by atoms with van der Waals surface area (Å²) < 4.78 is 2.50. The third kappa shape index (κ3) is 5.25. The second-order valence-electron chi connectivity index (χ2n) is 15.8. The molecule has 0 aliphatic heterocycles. The van der Waals surface area contributed by atoms with Gasteiger partial charge in [-0.2, -0.15) is 0 Å². The maximum Gasteiger partial charge on any atom is 0.0626 e. The van der Waals surface area contributed by atoms with Crippen LogP contribution >= 0.6 is 0 Å². The van der Waals surface area contributed by atoms with E-state index in [1.54, 1.807) is 0 Å². The molecule has 1 aliphatic rings. The van der Waals surface area contributed by atoms with Crippen LogP contribution in [0.5, 0.6) is 0 Å². The summed E-state index contributed by atoms with van der Waals surface area (Å²) in [6.45, 7) is 4.75. The number of fused-ring (bicyclic) bond motifs is 6. The van der Waals surface area contributed by atoms with Gasteiger partial charge in [-0.1, -0.05) is 159 Å². The number of aromatic nitrogens is 1. The van der Waals surface area contributed by atoms with Crippen LogP contribution in [0, 0.1) is 0 Å². The number of hydrogen-bond acceptors (Lipinski definition) is 1. The lowest BCUT2D eigenvalue weighted by Gasteiger charge is -2.35. The van der Waals surface area contributed by atoms with Crippen LogP contribution < -0.4 is 4.90 Å². The SMILES string of the molecule is CC1(C)c2ccccc2-c2c3c1cccc3cc1c3ccccc3n(-c3ccc(N(c4ccc(-c5ccccc5)cc4)c4ccc(-c5ccccc5)cc4)cc3)c21. The molecule has 0 spiro atoms. The van der Waals surface area contributed by atoms with Crippen LogP contribution in [0.15, 0.2) is 206 Å². The molecule has 0 fully saturated rings. The Morgan fingerprint density at radius 2 is 0.930 bits per heavy atom. The van der Waals surface area contributed by atoms with E-state index in [1.165, 1.54) is 77.1 Å². The van der Waals surface area contributed by atoms with Crippen LogP contribution in [0.25, 0.3) is 71.6 Å². The first-order chi connectivity index (χ1) is 28.0. The highest BCUT2D eigenvalue weighted by Gasteiger charge is 2.35. The smallest absolute Gasteiger partial charge is 0.0626 e. The van der Waals surface area contributed by atoms with E-state index in [0.717, 1.165) is 22.7 Å². The zero-order valence-electron chi connectivity index (χ0n) is 32.0. The van der Waals surface area contributed by atoms with Gasteiger partial charge in [0.05, 0.1) is 11.0 Å². The van der Waals surface area contributed by atoms with Crippen LogP contribution in [0.1, 0.15) is 25.0 Å². The molecule has 1 aromatic heterocycles. The molecule has 1 aliphatic carbocycles.